The highest BCUT2D eigenvalue weighted by Crippen LogP contribution is 2.14. The number of carbonyl (C=O) groups excluding carboxylic acids is 1. The Morgan fingerprint density at radius 3 is 2.61 bits per heavy atom. The lowest BCUT2D eigenvalue weighted by atomic mass is 10.1. The fraction of sp³-hybridized carbons (Fsp3) is 0.222. The van der Waals surface area contributed by atoms with E-state index < -0.39 is 0 Å². The van der Waals surface area contributed by atoms with Crippen LogP contribution in [0.4, 0.5) is 0 Å². The SMILES string of the molecule is COc1ccccc1/C=N\OCC(=O)N[C@H](C)c1ccccc1. The molecular weight excluding hydrogens is 292 g/mol. The number of benzene rings is 2. The van der Waals surface area contributed by atoms with Gasteiger partial charge >= 0.3 is 0 Å². The van der Waals surface area contributed by atoms with Gasteiger partial charge in [-0.05, 0) is 24.6 Å². The van der Waals surface area contributed by atoms with Gasteiger partial charge in [0.05, 0.1) is 19.4 Å². The second-order valence-corrected chi connectivity index (χ2v) is 4.95. The van der Waals surface area contributed by atoms with Crippen LogP contribution in [0, 0.1) is 0 Å². The van der Waals surface area contributed by atoms with Crippen LogP contribution in [0.3, 0.4) is 0 Å². The summed E-state index contributed by atoms with van der Waals surface area (Å²) < 4.78 is 5.20. The van der Waals surface area contributed by atoms with Crippen molar-refractivity contribution in [3.63, 3.8) is 0 Å². The molecule has 1 atom stereocenters. The number of carbonyl (C=O) groups is 1. The van der Waals surface area contributed by atoms with E-state index in [0.29, 0.717) is 5.75 Å². The van der Waals surface area contributed by atoms with Gasteiger partial charge in [0.1, 0.15) is 5.75 Å². The molecule has 0 fully saturated rings. The summed E-state index contributed by atoms with van der Waals surface area (Å²) in [6, 6.07) is 17.1. The summed E-state index contributed by atoms with van der Waals surface area (Å²) in [5.74, 6) is 0.473. The smallest absolute Gasteiger partial charge is 0.261 e. The average molecular weight is 312 g/mol. The molecule has 1 amide bonds. The zero-order valence-electron chi connectivity index (χ0n) is 13.2. The predicted octanol–water partition coefficient (Wildman–Crippen LogP) is 2.92. The second kappa shape index (κ2) is 8.58. The lowest BCUT2D eigenvalue weighted by Gasteiger charge is -2.13. The third kappa shape index (κ3) is 5.14. The van der Waals surface area contributed by atoms with Crippen LogP contribution in [0.25, 0.3) is 0 Å². The maximum Gasteiger partial charge on any atom is 0.261 e. The van der Waals surface area contributed by atoms with Crippen molar-refractivity contribution in [2.45, 2.75) is 13.0 Å². The molecule has 0 aliphatic carbocycles. The molecule has 2 aromatic carbocycles. The lowest BCUT2D eigenvalue weighted by Crippen LogP contribution is -2.29. The molecule has 0 saturated heterocycles. The van der Waals surface area contributed by atoms with Crippen molar-refractivity contribution < 1.29 is 14.4 Å². The highest BCUT2D eigenvalue weighted by Gasteiger charge is 2.09. The van der Waals surface area contributed by atoms with E-state index in [9.17, 15) is 4.79 Å². The molecule has 23 heavy (non-hydrogen) atoms. The van der Waals surface area contributed by atoms with Crippen LogP contribution in [0.15, 0.2) is 59.8 Å². The van der Waals surface area contributed by atoms with Crippen molar-refractivity contribution in [2.24, 2.45) is 5.16 Å². The fourth-order valence-electron chi connectivity index (χ4n) is 2.07. The van der Waals surface area contributed by atoms with Crippen molar-refractivity contribution in [1.82, 2.24) is 5.32 Å². The molecule has 5 heteroatoms. The first-order chi connectivity index (χ1) is 11.2. The topological polar surface area (TPSA) is 59.9 Å². The predicted molar refractivity (Wildman–Crippen MR) is 89.5 cm³/mol. The van der Waals surface area contributed by atoms with Crippen LogP contribution < -0.4 is 10.1 Å². The zero-order chi connectivity index (χ0) is 16.5. The van der Waals surface area contributed by atoms with E-state index in [4.69, 9.17) is 9.57 Å². The maximum absolute atomic E-state index is 11.8. The Hall–Kier alpha value is -2.82. The van der Waals surface area contributed by atoms with Gasteiger partial charge in [-0.2, -0.15) is 0 Å². The molecule has 2 aromatic rings. The molecule has 0 saturated carbocycles. The highest BCUT2D eigenvalue weighted by molar-refractivity contribution is 5.83. The summed E-state index contributed by atoms with van der Waals surface area (Å²) in [6.45, 7) is 1.79. The number of ether oxygens (including phenoxy) is 1. The largest absolute Gasteiger partial charge is 0.496 e. The molecule has 0 aliphatic heterocycles. The Balaban J connectivity index is 1.79. The number of hydrogen-bond donors (Lipinski definition) is 1. The Morgan fingerprint density at radius 2 is 1.87 bits per heavy atom. The first-order valence-electron chi connectivity index (χ1n) is 7.33. The van der Waals surface area contributed by atoms with Crippen LogP contribution in [0.1, 0.15) is 24.1 Å². The van der Waals surface area contributed by atoms with E-state index in [1.165, 1.54) is 6.21 Å². The summed E-state index contributed by atoms with van der Waals surface area (Å²) >= 11 is 0. The van der Waals surface area contributed by atoms with Crippen molar-refractivity contribution in [3.05, 3.63) is 65.7 Å². The number of oxime groups is 1. The highest BCUT2D eigenvalue weighted by atomic mass is 16.6. The number of methoxy groups -OCH3 is 1. The number of hydrogen-bond acceptors (Lipinski definition) is 4. The Morgan fingerprint density at radius 1 is 1.17 bits per heavy atom. The van der Waals surface area contributed by atoms with Gasteiger partial charge in [0.2, 0.25) is 0 Å². The van der Waals surface area contributed by atoms with Crippen LogP contribution >= 0.6 is 0 Å². The van der Waals surface area contributed by atoms with Crippen molar-refractivity contribution in [2.75, 3.05) is 13.7 Å². The fourth-order valence-corrected chi connectivity index (χ4v) is 2.07. The lowest BCUT2D eigenvalue weighted by molar-refractivity contribution is -0.126. The molecule has 0 unspecified atom stereocenters. The third-order valence-electron chi connectivity index (χ3n) is 3.28. The Kier molecular flexibility index (Phi) is 6.17. The van der Waals surface area contributed by atoms with E-state index in [2.05, 4.69) is 10.5 Å². The van der Waals surface area contributed by atoms with E-state index in [0.717, 1.165) is 11.1 Å². The molecule has 0 aliphatic rings. The zero-order valence-corrected chi connectivity index (χ0v) is 13.2. The second-order valence-electron chi connectivity index (χ2n) is 4.95. The van der Waals surface area contributed by atoms with Gasteiger partial charge in [0.15, 0.2) is 6.61 Å². The number of nitrogens with zero attached hydrogens (tertiary/aromatic N) is 1. The van der Waals surface area contributed by atoms with Gasteiger partial charge in [0, 0.05) is 5.56 Å². The average Bonchev–Trinajstić information content (AvgIpc) is 2.59. The van der Waals surface area contributed by atoms with E-state index in [1.807, 2.05) is 61.5 Å². The van der Waals surface area contributed by atoms with Crippen LogP contribution in [-0.4, -0.2) is 25.8 Å². The molecular formula is C18H20N2O3. The number of rotatable bonds is 7. The summed E-state index contributed by atoms with van der Waals surface area (Å²) in [5.41, 5.74) is 1.83. The van der Waals surface area contributed by atoms with Gasteiger partial charge in [-0.15, -0.1) is 0 Å². The molecule has 0 aromatic heterocycles. The maximum atomic E-state index is 11.8. The Bertz CT molecular complexity index is 656. The molecule has 0 heterocycles. The van der Waals surface area contributed by atoms with Gasteiger partial charge in [0.25, 0.3) is 5.91 Å². The van der Waals surface area contributed by atoms with Gasteiger partial charge < -0.3 is 14.9 Å². The monoisotopic (exact) mass is 312 g/mol. The summed E-state index contributed by atoms with van der Waals surface area (Å²) in [7, 11) is 1.59. The molecule has 120 valence electrons. The van der Waals surface area contributed by atoms with Crippen molar-refractivity contribution in [3.8, 4) is 5.75 Å². The first kappa shape index (κ1) is 16.5. The summed E-state index contributed by atoms with van der Waals surface area (Å²) in [5, 5.41) is 6.66. The van der Waals surface area contributed by atoms with E-state index in [1.54, 1.807) is 7.11 Å². The molecule has 0 spiro atoms. The number of para-hydroxylation sites is 1. The van der Waals surface area contributed by atoms with Gasteiger partial charge in [-0.1, -0.05) is 47.6 Å². The number of nitrogens with one attached hydrogen (secondary N) is 1. The van der Waals surface area contributed by atoms with E-state index >= 15 is 0 Å². The van der Waals surface area contributed by atoms with Gasteiger partial charge in [-0.3, -0.25) is 4.79 Å². The minimum absolute atomic E-state index is 0.0782. The number of amides is 1. The van der Waals surface area contributed by atoms with E-state index in [-0.39, 0.29) is 18.6 Å². The molecule has 0 radical (unpaired) electrons. The molecule has 2 rings (SSSR count). The third-order valence-corrected chi connectivity index (χ3v) is 3.28. The first-order valence-corrected chi connectivity index (χ1v) is 7.33. The molecule has 0 bridgehead atoms. The molecule has 1 N–H and O–H groups in total. The Labute approximate surface area is 135 Å². The van der Waals surface area contributed by atoms with Crippen LogP contribution in [0.5, 0.6) is 5.75 Å². The van der Waals surface area contributed by atoms with Crippen LogP contribution in [-0.2, 0) is 9.63 Å². The van der Waals surface area contributed by atoms with Crippen LogP contribution in [0.2, 0.25) is 0 Å². The minimum atomic E-state index is -0.224. The summed E-state index contributed by atoms with van der Waals surface area (Å²) in [6.07, 6.45) is 1.52. The summed E-state index contributed by atoms with van der Waals surface area (Å²) in [4.78, 5) is 16.9. The minimum Gasteiger partial charge on any atom is -0.496 e. The van der Waals surface area contributed by atoms with Gasteiger partial charge in [-0.25, -0.2) is 0 Å². The normalized spacial score (nSPS) is 11.9. The standard InChI is InChI=1S/C18H20N2O3/c1-14(15-8-4-3-5-9-15)20-18(21)13-23-19-12-16-10-6-7-11-17(16)22-2/h3-12,14H,13H2,1-2H3,(H,20,21)/b19-12-/t14-/m1/s1. The van der Waals surface area contributed by atoms with Crippen molar-refractivity contribution in [1.29, 1.82) is 0 Å². The quantitative estimate of drug-likeness (QED) is 0.631. The van der Waals surface area contributed by atoms with Crippen molar-refractivity contribution >= 4 is 12.1 Å². The molecule has 5 nitrogen and oxygen atoms in total.